The van der Waals surface area contributed by atoms with Gasteiger partial charge in [-0.05, 0) is 36.5 Å². The highest BCUT2D eigenvalue weighted by Crippen LogP contribution is 2.32. The summed E-state index contributed by atoms with van der Waals surface area (Å²) in [6, 6.07) is 4.89. The van der Waals surface area contributed by atoms with Crippen molar-refractivity contribution in [2.45, 2.75) is 25.5 Å². The van der Waals surface area contributed by atoms with Crippen LogP contribution < -0.4 is 10.1 Å². The number of ether oxygens (including phenoxy) is 1. The van der Waals surface area contributed by atoms with Gasteiger partial charge >= 0.3 is 0 Å². The highest BCUT2D eigenvalue weighted by Gasteiger charge is 2.28. The maximum atomic E-state index is 13.4. The highest BCUT2D eigenvalue weighted by molar-refractivity contribution is 5.29. The van der Waals surface area contributed by atoms with Crippen molar-refractivity contribution in [2.75, 3.05) is 13.7 Å². The molecule has 0 amide bonds. The number of hydrogen-bond acceptors (Lipinski definition) is 3. The Kier molecular flexibility index (Phi) is 3.97. The van der Waals surface area contributed by atoms with E-state index < -0.39 is 0 Å². The quantitative estimate of drug-likeness (QED) is 0.794. The fourth-order valence-electron chi connectivity index (χ4n) is 1.83. The van der Waals surface area contributed by atoms with E-state index >= 15 is 0 Å². The lowest BCUT2D eigenvalue weighted by molar-refractivity contribution is 0.148. The highest BCUT2D eigenvalue weighted by atomic mass is 19.1. The first-order chi connectivity index (χ1) is 8.20. The molecular weight excluding hydrogens is 221 g/mol. The molecule has 2 N–H and O–H groups in total. The number of methoxy groups -OCH3 is 1. The zero-order valence-corrected chi connectivity index (χ0v) is 9.95. The van der Waals surface area contributed by atoms with Crippen molar-refractivity contribution in [2.24, 2.45) is 5.92 Å². The van der Waals surface area contributed by atoms with E-state index in [1.54, 1.807) is 6.07 Å². The Morgan fingerprint density at radius 2 is 2.29 bits per heavy atom. The summed E-state index contributed by atoms with van der Waals surface area (Å²) in [5, 5.41) is 12.8. The molecular formula is C13H18FNO2. The second-order valence-electron chi connectivity index (χ2n) is 4.50. The monoisotopic (exact) mass is 239 g/mol. The van der Waals surface area contributed by atoms with Gasteiger partial charge in [0, 0.05) is 13.1 Å². The molecule has 0 saturated heterocycles. The molecule has 94 valence electrons. The standard InChI is InChI=1S/C13H18FNO2/c1-17-13-5-2-9(6-11(13)14)7-15-8-12(16)10-3-4-10/h2,5-6,10,12,15-16H,3-4,7-8H2,1H3. The van der Waals surface area contributed by atoms with Gasteiger partial charge < -0.3 is 15.2 Å². The predicted molar refractivity (Wildman–Crippen MR) is 63.4 cm³/mol. The van der Waals surface area contributed by atoms with Gasteiger partial charge in [0.1, 0.15) is 0 Å². The first-order valence-electron chi connectivity index (χ1n) is 5.92. The molecule has 1 fully saturated rings. The molecule has 1 saturated carbocycles. The van der Waals surface area contributed by atoms with Crippen LogP contribution in [-0.4, -0.2) is 24.9 Å². The Balaban J connectivity index is 1.80. The summed E-state index contributed by atoms with van der Waals surface area (Å²) in [7, 11) is 1.45. The molecule has 4 heteroatoms. The lowest BCUT2D eigenvalue weighted by Gasteiger charge is -2.11. The largest absolute Gasteiger partial charge is 0.494 e. The lowest BCUT2D eigenvalue weighted by Crippen LogP contribution is -2.27. The minimum atomic E-state index is -0.352. The molecule has 17 heavy (non-hydrogen) atoms. The lowest BCUT2D eigenvalue weighted by atomic mass is 10.2. The van der Waals surface area contributed by atoms with Crippen LogP contribution in [-0.2, 0) is 6.54 Å². The van der Waals surface area contributed by atoms with E-state index in [0.717, 1.165) is 18.4 Å². The number of nitrogens with one attached hydrogen (secondary N) is 1. The molecule has 3 nitrogen and oxygen atoms in total. The van der Waals surface area contributed by atoms with Crippen molar-refractivity contribution in [1.29, 1.82) is 0 Å². The molecule has 0 radical (unpaired) electrons. The van der Waals surface area contributed by atoms with Gasteiger partial charge in [-0.2, -0.15) is 0 Å². The molecule has 1 unspecified atom stereocenters. The summed E-state index contributed by atoms with van der Waals surface area (Å²) in [6.45, 7) is 1.13. The average Bonchev–Trinajstić information content (AvgIpc) is 3.13. The minimum absolute atomic E-state index is 0.256. The Morgan fingerprint density at radius 3 is 2.88 bits per heavy atom. The molecule has 1 aliphatic rings. The van der Waals surface area contributed by atoms with E-state index in [2.05, 4.69) is 5.32 Å². The van der Waals surface area contributed by atoms with E-state index in [4.69, 9.17) is 4.74 Å². The van der Waals surface area contributed by atoms with E-state index in [-0.39, 0.29) is 17.7 Å². The third-order valence-electron chi connectivity index (χ3n) is 3.06. The van der Waals surface area contributed by atoms with Crippen LogP contribution in [0.2, 0.25) is 0 Å². The second-order valence-corrected chi connectivity index (χ2v) is 4.50. The number of hydrogen-bond donors (Lipinski definition) is 2. The maximum absolute atomic E-state index is 13.4. The maximum Gasteiger partial charge on any atom is 0.165 e. The SMILES string of the molecule is COc1ccc(CNCC(O)C2CC2)cc1F. The van der Waals surface area contributed by atoms with E-state index in [1.165, 1.54) is 13.2 Å². The first kappa shape index (κ1) is 12.3. The molecule has 1 aliphatic carbocycles. The topological polar surface area (TPSA) is 41.5 Å². The van der Waals surface area contributed by atoms with Crippen LogP contribution in [0, 0.1) is 11.7 Å². The number of benzene rings is 1. The van der Waals surface area contributed by atoms with Crippen LogP contribution in [0.25, 0.3) is 0 Å². The molecule has 1 aromatic carbocycles. The molecule has 0 heterocycles. The molecule has 1 aromatic rings. The third kappa shape index (κ3) is 3.41. The van der Waals surface area contributed by atoms with Crippen LogP contribution in [0.5, 0.6) is 5.75 Å². The Bertz CT molecular complexity index is 380. The Labute approximate surface area is 101 Å². The summed E-state index contributed by atoms with van der Waals surface area (Å²) >= 11 is 0. The van der Waals surface area contributed by atoms with Gasteiger partial charge in [-0.3, -0.25) is 0 Å². The van der Waals surface area contributed by atoms with Gasteiger partial charge in [0.2, 0.25) is 0 Å². The van der Waals surface area contributed by atoms with E-state index in [1.807, 2.05) is 6.07 Å². The zero-order valence-electron chi connectivity index (χ0n) is 9.95. The van der Waals surface area contributed by atoms with Crippen molar-refractivity contribution in [3.8, 4) is 5.75 Å². The fraction of sp³-hybridized carbons (Fsp3) is 0.538. The number of aliphatic hydroxyl groups excluding tert-OH is 1. The van der Waals surface area contributed by atoms with Gasteiger partial charge in [-0.25, -0.2) is 4.39 Å². The summed E-state index contributed by atoms with van der Waals surface area (Å²) in [5.74, 6) is 0.372. The van der Waals surface area contributed by atoms with E-state index in [0.29, 0.717) is 19.0 Å². The smallest absolute Gasteiger partial charge is 0.165 e. The number of rotatable bonds is 6. The van der Waals surface area contributed by atoms with Gasteiger partial charge in [0.05, 0.1) is 13.2 Å². The fourth-order valence-corrected chi connectivity index (χ4v) is 1.83. The summed E-state index contributed by atoms with van der Waals surface area (Å²) < 4.78 is 18.2. The summed E-state index contributed by atoms with van der Waals surface area (Å²) in [6.07, 6.45) is 1.98. The Morgan fingerprint density at radius 1 is 1.53 bits per heavy atom. The molecule has 2 rings (SSSR count). The minimum Gasteiger partial charge on any atom is -0.494 e. The number of aliphatic hydroxyl groups is 1. The van der Waals surface area contributed by atoms with Gasteiger partial charge in [-0.1, -0.05) is 6.07 Å². The van der Waals surface area contributed by atoms with Gasteiger partial charge in [-0.15, -0.1) is 0 Å². The van der Waals surface area contributed by atoms with Crippen LogP contribution >= 0.6 is 0 Å². The zero-order chi connectivity index (χ0) is 12.3. The number of halogens is 1. The average molecular weight is 239 g/mol. The van der Waals surface area contributed by atoms with Gasteiger partial charge in [0.15, 0.2) is 11.6 Å². The second kappa shape index (κ2) is 5.47. The van der Waals surface area contributed by atoms with Crippen molar-refractivity contribution < 1.29 is 14.2 Å². The molecule has 0 spiro atoms. The van der Waals surface area contributed by atoms with Crippen molar-refractivity contribution in [3.63, 3.8) is 0 Å². The predicted octanol–water partition coefficient (Wildman–Crippen LogP) is 1.69. The third-order valence-corrected chi connectivity index (χ3v) is 3.06. The van der Waals surface area contributed by atoms with E-state index in [9.17, 15) is 9.50 Å². The first-order valence-corrected chi connectivity index (χ1v) is 5.92. The van der Waals surface area contributed by atoms with Crippen molar-refractivity contribution >= 4 is 0 Å². The normalized spacial score (nSPS) is 16.9. The summed E-state index contributed by atoms with van der Waals surface area (Å²) in [4.78, 5) is 0. The van der Waals surface area contributed by atoms with Crippen LogP contribution in [0.1, 0.15) is 18.4 Å². The molecule has 0 aliphatic heterocycles. The van der Waals surface area contributed by atoms with Crippen LogP contribution in [0.3, 0.4) is 0 Å². The van der Waals surface area contributed by atoms with Crippen LogP contribution in [0.4, 0.5) is 4.39 Å². The van der Waals surface area contributed by atoms with Crippen molar-refractivity contribution in [1.82, 2.24) is 5.32 Å². The van der Waals surface area contributed by atoms with Gasteiger partial charge in [0.25, 0.3) is 0 Å². The Hall–Kier alpha value is -1.13. The molecule has 1 atom stereocenters. The van der Waals surface area contributed by atoms with Crippen LogP contribution in [0.15, 0.2) is 18.2 Å². The molecule has 0 bridgehead atoms. The molecule has 0 aromatic heterocycles. The van der Waals surface area contributed by atoms with Crippen molar-refractivity contribution in [3.05, 3.63) is 29.6 Å². The summed E-state index contributed by atoms with van der Waals surface area (Å²) in [5.41, 5.74) is 0.853.